The van der Waals surface area contributed by atoms with Crippen molar-refractivity contribution in [2.75, 3.05) is 18.0 Å². The number of aliphatic carboxylic acids is 1. The number of aromatic amines is 1. The third-order valence-corrected chi connectivity index (χ3v) is 5.65. The molecule has 3 heterocycles. The lowest BCUT2D eigenvalue weighted by atomic mass is 9.98. The van der Waals surface area contributed by atoms with Gasteiger partial charge in [-0.1, -0.05) is 12.1 Å². The van der Waals surface area contributed by atoms with E-state index in [2.05, 4.69) is 19.9 Å². The van der Waals surface area contributed by atoms with Gasteiger partial charge in [-0.05, 0) is 49.2 Å². The number of imidazole rings is 1. The van der Waals surface area contributed by atoms with Crippen molar-refractivity contribution < 1.29 is 19.4 Å². The van der Waals surface area contributed by atoms with Crippen LogP contribution in [0.3, 0.4) is 0 Å². The largest absolute Gasteiger partial charge is 0.481 e. The monoisotopic (exact) mass is 443 g/mol. The molecule has 0 aliphatic carbocycles. The fraction of sp³-hybridized carbons (Fsp3) is 0.208. The van der Waals surface area contributed by atoms with Crippen LogP contribution in [0, 0.1) is 5.92 Å². The van der Waals surface area contributed by atoms with Gasteiger partial charge in [0.1, 0.15) is 5.75 Å². The molecular weight excluding hydrogens is 422 g/mol. The van der Waals surface area contributed by atoms with E-state index in [0.717, 1.165) is 17.5 Å². The second-order valence-electron chi connectivity index (χ2n) is 7.87. The van der Waals surface area contributed by atoms with Gasteiger partial charge in [0.2, 0.25) is 5.78 Å². The Kier molecular flexibility index (Phi) is 5.43. The van der Waals surface area contributed by atoms with Crippen LogP contribution in [0.5, 0.6) is 11.6 Å². The maximum atomic E-state index is 12.8. The number of nitrogens with zero attached hydrogens (tertiary/aromatic N) is 4. The first-order valence-corrected chi connectivity index (χ1v) is 10.6. The number of anilines is 1. The Bertz CT molecular complexity index is 1280. The number of H-pyrrole nitrogens is 1. The summed E-state index contributed by atoms with van der Waals surface area (Å²) in [6.07, 6.45) is 4.48. The average Bonchev–Trinajstić information content (AvgIpc) is 3.29. The Morgan fingerprint density at radius 2 is 1.85 bits per heavy atom. The number of carbonyl (C=O) groups is 2. The minimum Gasteiger partial charge on any atom is -0.481 e. The van der Waals surface area contributed by atoms with Gasteiger partial charge in [0.15, 0.2) is 11.6 Å². The van der Waals surface area contributed by atoms with Gasteiger partial charge in [0.25, 0.3) is 5.88 Å². The molecule has 0 saturated carbocycles. The highest BCUT2D eigenvalue weighted by Gasteiger charge is 2.28. The standard InChI is InChI=1S/C24H21N5O4/c30-20(21-27-18-5-1-2-6-19(18)28-21)15-7-9-17(10-8-15)33-23-22(25-11-12-26-23)29-13-3-4-16(14-29)24(31)32/h1-2,5-12,16H,3-4,13-14H2,(H,27,28)(H,31,32). The van der Waals surface area contributed by atoms with Gasteiger partial charge < -0.3 is 19.7 Å². The zero-order chi connectivity index (χ0) is 22.8. The predicted molar refractivity (Wildman–Crippen MR) is 121 cm³/mol. The summed E-state index contributed by atoms with van der Waals surface area (Å²) < 4.78 is 5.95. The Labute approximate surface area is 189 Å². The zero-order valence-corrected chi connectivity index (χ0v) is 17.6. The first-order valence-electron chi connectivity index (χ1n) is 10.6. The summed E-state index contributed by atoms with van der Waals surface area (Å²) in [6.45, 7) is 1.04. The summed E-state index contributed by atoms with van der Waals surface area (Å²) in [6, 6.07) is 14.2. The number of rotatable bonds is 6. The van der Waals surface area contributed by atoms with Gasteiger partial charge in [-0.25, -0.2) is 15.0 Å². The van der Waals surface area contributed by atoms with Crippen LogP contribution < -0.4 is 9.64 Å². The second kappa shape index (κ2) is 8.70. The summed E-state index contributed by atoms with van der Waals surface area (Å²) in [4.78, 5) is 42.2. The van der Waals surface area contributed by atoms with Crippen molar-refractivity contribution in [2.45, 2.75) is 12.8 Å². The molecule has 1 atom stereocenters. The number of benzene rings is 2. The number of piperidine rings is 1. The molecule has 1 saturated heterocycles. The molecule has 1 unspecified atom stereocenters. The molecule has 2 aromatic carbocycles. The van der Waals surface area contributed by atoms with Crippen molar-refractivity contribution in [1.29, 1.82) is 0 Å². The molecule has 9 heteroatoms. The highest BCUT2D eigenvalue weighted by atomic mass is 16.5. The Morgan fingerprint density at radius 1 is 1.06 bits per heavy atom. The van der Waals surface area contributed by atoms with E-state index in [4.69, 9.17) is 4.74 Å². The van der Waals surface area contributed by atoms with E-state index in [1.165, 1.54) is 6.20 Å². The zero-order valence-electron chi connectivity index (χ0n) is 17.6. The SMILES string of the molecule is O=C(c1ccc(Oc2nccnc2N2CCCC(C(=O)O)C2)cc1)c1nc2ccccc2[nH]1. The van der Waals surface area contributed by atoms with E-state index in [1.807, 2.05) is 29.2 Å². The molecule has 0 bridgehead atoms. The number of aromatic nitrogens is 4. The van der Waals surface area contributed by atoms with Crippen LogP contribution >= 0.6 is 0 Å². The van der Waals surface area contributed by atoms with Gasteiger partial charge in [-0.3, -0.25) is 9.59 Å². The Balaban J connectivity index is 1.33. The number of nitrogens with one attached hydrogen (secondary N) is 1. The number of hydrogen-bond acceptors (Lipinski definition) is 7. The maximum Gasteiger partial charge on any atom is 0.308 e. The van der Waals surface area contributed by atoms with E-state index >= 15 is 0 Å². The average molecular weight is 443 g/mol. The Morgan fingerprint density at radius 3 is 2.64 bits per heavy atom. The van der Waals surface area contributed by atoms with Crippen LogP contribution in [-0.4, -0.2) is 49.9 Å². The van der Waals surface area contributed by atoms with E-state index in [9.17, 15) is 14.7 Å². The first kappa shape index (κ1) is 20.6. The van der Waals surface area contributed by atoms with Crippen LogP contribution in [0.25, 0.3) is 11.0 Å². The topological polar surface area (TPSA) is 121 Å². The number of carbonyl (C=O) groups excluding carboxylic acids is 1. The molecular formula is C24H21N5O4. The minimum atomic E-state index is -0.809. The first-order chi connectivity index (χ1) is 16.1. The fourth-order valence-corrected chi connectivity index (χ4v) is 3.96. The van der Waals surface area contributed by atoms with Crippen LogP contribution in [-0.2, 0) is 4.79 Å². The number of ketones is 1. The third-order valence-electron chi connectivity index (χ3n) is 5.65. The predicted octanol–water partition coefficient (Wildman–Crippen LogP) is 3.68. The van der Waals surface area contributed by atoms with Crippen molar-refractivity contribution in [1.82, 2.24) is 19.9 Å². The van der Waals surface area contributed by atoms with Crippen molar-refractivity contribution in [2.24, 2.45) is 5.92 Å². The molecule has 0 amide bonds. The van der Waals surface area contributed by atoms with Crippen LogP contribution in [0.2, 0.25) is 0 Å². The summed E-state index contributed by atoms with van der Waals surface area (Å²) >= 11 is 0. The van der Waals surface area contributed by atoms with E-state index in [-0.39, 0.29) is 11.6 Å². The molecule has 1 aliphatic heterocycles. The van der Waals surface area contributed by atoms with Crippen molar-refractivity contribution in [3.05, 3.63) is 72.3 Å². The number of hydrogen-bond donors (Lipinski definition) is 2. The highest BCUT2D eigenvalue weighted by Crippen LogP contribution is 2.31. The van der Waals surface area contributed by atoms with Crippen molar-refractivity contribution >= 4 is 28.6 Å². The van der Waals surface area contributed by atoms with Crippen molar-refractivity contribution in [3.63, 3.8) is 0 Å². The Hall–Kier alpha value is -4.27. The van der Waals surface area contributed by atoms with Crippen LogP contribution in [0.1, 0.15) is 29.0 Å². The van der Waals surface area contributed by atoms with E-state index in [1.54, 1.807) is 30.5 Å². The fourth-order valence-electron chi connectivity index (χ4n) is 3.96. The molecule has 166 valence electrons. The molecule has 33 heavy (non-hydrogen) atoms. The summed E-state index contributed by atoms with van der Waals surface area (Å²) in [5.74, 6) is 0.0912. The normalized spacial score (nSPS) is 16.0. The number of carboxylic acids is 1. The molecule has 0 radical (unpaired) electrons. The molecule has 2 aromatic heterocycles. The van der Waals surface area contributed by atoms with Gasteiger partial charge in [0, 0.05) is 31.0 Å². The number of ether oxygens (including phenoxy) is 1. The highest BCUT2D eigenvalue weighted by molar-refractivity contribution is 6.08. The van der Waals surface area contributed by atoms with Crippen LogP contribution in [0.15, 0.2) is 60.9 Å². The second-order valence-corrected chi connectivity index (χ2v) is 7.87. The molecule has 4 aromatic rings. The molecule has 1 aliphatic rings. The van der Waals surface area contributed by atoms with Crippen molar-refractivity contribution in [3.8, 4) is 11.6 Å². The number of para-hydroxylation sites is 2. The molecule has 5 rings (SSSR count). The third kappa shape index (κ3) is 4.25. The van der Waals surface area contributed by atoms with Gasteiger partial charge in [-0.2, -0.15) is 0 Å². The van der Waals surface area contributed by atoms with E-state index < -0.39 is 11.9 Å². The lowest BCUT2D eigenvalue weighted by molar-refractivity contribution is -0.141. The lowest BCUT2D eigenvalue weighted by Crippen LogP contribution is -2.39. The molecule has 9 nitrogen and oxygen atoms in total. The quantitative estimate of drug-likeness (QED) is 0.433. The summed E-state index contributed by atoms with van der Waals surface area (Å²) in [5.41, 5.74) is 2.01. The minimum absolute atomic E-state index is 0.217. The maximum absolute atomic E-state index is 12.8. The van der Waals surface area contributed by atoms with Crippen LogP contribution in [0.4, 0.5) is 5.82 Å². The summed E-state index contributed by atoms with van der Waals surface area (Å²) in [7, 11) is 0. The van der Waals surface area contributed by atoms with E-state index in [0.29, 0.717) is 42.5 Å². The molecule has 2 N–H and O–H groups in total. The van der Waals surface area contributed by atoms with Gasteiger partial charge in [0.05, 0.1) is 17.0 Å². The smallest absolute Gasteiger partial charge is 0.308 e. The number of fused-ring (bicyclic) bond motifs is 1. The van der Waals surface area contributed by atoms with Gasteiger partial charge in [-0.15, -0.1) is 0 Å². The molecule has 1 fully saturated rings. The van der Waals surface area contributed by atoms with Gasteiger partial charge >= 0.3 is 5.97 Å². The summed E-state index contributed by atoms with van der Waals surface area (Å²) in [5, 5.41) is 9.37. The number of carboxylic acid groups (broad SMARTS) is 1. The lowest BCUT2D eigenvalue weighted by Gasteiger charge is -2.31. The molecule has 0 spiro atoms.